The Morgan fingerprint density at radius 3 is 2.61 bits per heavy atom. The predicted molar refractivity (Wildman–Crippen MR) is 120 cm³/mol. The summed E-state index contributed by atoms with van der Waals surface area (Å²) in [5.41, 5.74) is 2.02. The highest BCUT2D eigenvalue weighted by Crippen LogP contribution is 2.38. The second kappa shape index (κ2) is 8.27. The average Bonchev–Trinajstić information content (AvgIpc) is 3.28. The molecule has 8 nitrogen and oxygen atoms in total. The highest BCUT2D eigenvalue weighted by Gasteiger charge is 2.32. The molecule has 3 aromatic carbocycles. The zero-order valence-corrected chi connectivity index (χ0v) is 17.5. The number of halogens is 1. The molecule has 9 heteroatoms. The van der Waals surface area contributed by atoms with Crippen LogP contribution < -0.4 is 25.0 Å². The third kappa shape index (κ3) is 3.73. The van der Waals surface area contributed by atoms with Gasteiger partial charge in [0, 0.05) is 18.2 Å². The summed E-state index contributed by atoms with van der Waals surface area (Å²) in [6.45, 7) is 0.0517. The smallest absolute Gasteiger partial charge is 0.321 e. The fourth-order valence-electron chi connectivity index (χ4n) is 3.80. The number of nitrogens with one attached hydrogen (secondary N) is 2. The van der Waals surface area contributed by atoms with Crippen LogP contribution in [0.25, 0.3) is 0 Å². The van der Waals surface area contributed by atoms with Gasteiger partial charge in [0.05, 0.1) is 17.1 Å². The molecule has 3 amide bonds. The van der Waals surface area contributed by atoms with Crippen LogP contribution in [0.2, 0.25) is 0 Å². The molecule has 1 unspecified atom stereocenters. The molecule has 0 saturated heterocycles. The topological polar surface area (TPSA) is 92.3 Å². The number of rotatable bonds is 3. The number of carbonyl (C=O) groups is 2. The van der Waals surface area contributed by atoms with Crippen molar-refractivity contribution in [3.8, 4) is 11.5 Å². The average molecular weight is 446 g/mol. The van der Waals surface area contributed by atoms with Crippen LogP contribution in [0.15, 0.2) is 71.7 Å². The van der Waals surface area contributed by atoms with E-state index in [0.29, 0.717) is 28.4 Å². The van der Waals surface area contributed by atoms with Crippen LogP contribution in [0.4, 0.5) is 20.6 Å². The Hall–Kier alpha value is -4.40. The van der Waals surface area contributed by atoms with Gasteiger partial charge < -0.3 is 25.0 Å². The van der Waals surface area contributed by atoms with Crippen LogP contribution in [0.1, 0.15) is 11.1 Å². The number of amides is 3. The van der Waals surface area contributed by atoms with Gasteiger partial charge in [-0.25, -0.2) is 14.2 Å². The molecular weight excluding hydrogens is 427 g/mol. The lowest BCUT2D eigenvalue weighted by molar-refractivity contribution is -0.119. The largest absolute Gasteiger partial charge is 0.454 e. The van der Waals surface area contributed by atoms with Gasteiger partial charge in [0.15, 0.2) is 11.5 Å². The number of fused-ring (bicyclic) bond motifs is 2. The molecule has 5 rings (SSSR count). The van der Waals surface area contributed by atoms with E-state index in [1.807, 2.05) is 0 Å². The molecule has 2 aliphatic heterocycles. The van der Waals surface area contributed by atoms with Crippen molar-refractivity contribution < 1.29 is 23.5 Å². The molecule has 0 spiro atoms. The lowest BCUT2D eigenvalue weighted by atomic mass is 10.00. The van der Waals surface area contributed by atoms with E-state index in [-0.39, 0.29) is 18.1 Å². The van der Waals surface area contributed by atoms with E-state index >= 15 is 0 Å². The lowest BCUT2D eigenvalue weighted by Gasteiger charge is -2.21. The van der Waals surface area contributed by atoms with Gasteiger partial charge in [-0.2, -0.15) is 0 Å². The highest BCUT2D eigenvalue weighted by molar-refractivity contribution is 6.20. The number of urea groups is 1. The van der Waals surface area contributed by atoms with Crippen molar-refractivity contribution in [2.75, 3.05) is 24.1 Å². The van der Waals surface area contributed by atoms with E-state index in [4.69, 9.17) is 9.47 Å². The number of hydrogen-bond donors (Lipinski definition) is 2. The number of likely N-dealkylation sites (N-methyl/N-ethyl adjacent to an activating group) is 1. The molecule has 1 atom stereocenters. The van der Waals surface area contributed by atoms with Gasteiger partial charge in [0.25, 0.3) is 5.91 Å². The number of benzodiazepines with no additional fused rings is 1. The van der Waals surface area contributed by atoms with Crippen LogP contribution in [-0.2, 0) is 4.79 Å². The van der Waals surface area contributed by atoms with Crippen molar-refractivity contribution in [3.63, 3.8) is 0 Å². The van der Waals surface area contributed by atoms with Crippen molar-refractivity contribution in [2.45, 2.75) is 6.17 Å². The molecule has 2 N–H and O–H groups in total. The maximum Gasteiger partial charge on any atom is 0.321 e. The van der Waals surface area contributed by atoms with Gasteiger partial charge in [0.1, 0.15) is 5.82 Å². The third-order valence-corrected chi connectivity index (χ3v) is 5.38. The number of para-hydroxylation sites is 2. The van der Waals surface area contributed by atoms with E-state index in [1.54, 1.807) is 67.7 Å². The molecule has 0 aliphatic carbocycles. The Labute approximate surface area is 188 Å². The second-order valence-corrected chi connectivity index (χ2v) is 7.41. The fourth-order valence-corrected chi connectivity index (χ4v) is 3.80. The quantitative estimate of drug-likeness (QED) is 0.644. The van der Waals surface area contributed by atoms with Gasteiger partial charge in [-0.15, -0.1) is 0 Å². The minimum Gasteiger partial charge on any atom is -0.454 e. The minimum atomic E-state index is -1.29. The molecule has 0 fully saturated rings. The summed E-state index contributed by atoms with van der Waals surface area (Å²) in [4.78, 5) is 31.9. The van der Waals surface area contributed by atoms with E-state index in [9.17, 15) is 14.0 Å². The zero-order chi connectivity index (χ0) is 22.9. The van der Waals surface area contributed by atoms with E-state index in [2.05, 4.69) is 15.6 Å². The second-order valence-electron chi connectivity index (χ2n) is 7.41. The SMILES string of the molecule is CN1C(=O)C(NC(=O)Nc2cccc3c2OCO3)N=C(c2ccccc2F)c2ccccc21. The van der Waals surface area contributed by atoms with Crippen LogP contribution in [0.3, 0.4) is 0 Å². The number of nitrogens with zero attached hydrogens (tertiary/aromatic N) is 2. The van der Waals surface area contributed by atoms with E-state index < -0.39 is 23.9 Å². The summed E-state index contributed by atoms with van der Waals surface area (Å²) in [7, 11) is 1.59. The molecule has 2 aliphatic rings. The molecular formula is C24H19FN4O4. The van der Waals surface area contributed by atoms with E-state index in [1.165, 1.54) is 11.0 Å². The molecule has 0 bridgehead atoms. The molecule has 3 aromatic rings. The number of ether oxygens (including phenoxy) is 2. The summed E-state index contributed by atoms with van der Waals surface area (Å²) in [6, 6.07) is 17.6. The number of carbonyl (C=O) groups excluding carboxylic acids is 2. The number of anilines is 2. The lowest BCUT2D eigenvalue weighted by Crippen LogP contribution is -2.47. The summed E-state index contributed by atoms with van der Waals surface area (Å²) in [5.74, 6) is -0.0432. The Morgan fingerprint density at radius 1 is 1.03 bits per heavy atom. The molecule has 2 heterocycles. The van der Waals surface area contributed by atoms with Gasteiger partial charge in [-0.3, -0.25) is 4.79 Å². The molecule has 0 radical (unpaired) electrons. The summed E-state index contributed by atoms with van der Waals surface area (Å²) < 4.78 is 25.4. The van der Waals surface area contributed by atoms with Crippen molar-refractivity contribution in [2.24, 2.45) is 4.99 Å². The summed E-state index contributed by atoms with van der Waals surface area (Å²) in [5, 5.41) is 5.25. The highest BCUT2D eigenvalue weighted by atomic mass is 19.1. The van der Waals surface area contributed by atoms with Crippen molar-refractivity contribution >= 4 is 29.0 Å². The summed E-state index contributed by atoms with van der Waals surface area (Å²) in [6.07, 6.45) is -1.29. The fraction of sp³-hybridized carbons (Fsp3) is 0.125. The first-order chi connectivity index (χ1) is 16.0. The van der Waals surface area contributed by atoms with Gasteiger partial charge in [0.2, 0.25) is 13.0 Å². The first kappa shape index (κ1) is 20.5. The zero-order valence-electron chi connectivity index (χ0n) is 17.5. The Morgan fingerprint density at radius 2 is 1.79 bits per heavy atom. The van der Waals surface area contributed by atoms with Gasteiger partial charge in [-0.1, -0.05) is 36.4 Å². The molecule has 33 heavy (non-hydrogen) atoms. The van der Waals surface area contributed by atoms with Crippen molar-refractivity contribution in [1.29, 1.82) is 0 Å². The minimum absolute atomic E-state index is 0.0517. The number of aliphatic imine (C=N–C) groups is 1. The monoisotopic (exact) mass is 446 g/mol. The molecule has 0 saturated carbocycles. The van der Waals surface area contributed by atoms with Crippen LogP contribution >= 0.6 is 0 Å². The Balaban J connectivity index is 1.50. The van der Waals surface area contributed by atoms with Gasteiger partial charge >= 0.3 is 6.03 Å². The maximum atomic E-state index is 14.7. The standard InChI is InChI=1S/C24H19FN4O4/c1-29-18-11-5-3-8-15(18)20(14-7-2-4-9-16(14)25)27-22(23(29)30)28-24(31)26-17-10-6-12-19-21(17)33-13-32-19/h2-12,22H,13H2,1H3,(H2,26,28,31). The Bertz CT molecular complexity index is 1290. The van der Waals surface area contributed by atoms with Crippen LogP contribution in [-0.4, -0.2) is 37.7 Å². The van der Waals surface area contributed by atoms with Crippen molar-refractivity contribution in [3.05, 3.63) is 83.7 Å². The Kier molecular flexibility index (Phi) is 5.14. The van der Waals surface area contributed by atoms with Crippen LogP contribution in [0, 0.1) is 5.82 Å². The maximum absolute atomic E-state index is 14.7. The normalized spacial score (nSPS) is 16.5. The molecule has 0 aromatic heterocycles. The number of hydrogen-bond acceptors (Lipinski definition) is 5. The van der Waals surface area contributed by atoms with E-state index in [0.717, 1.165) is 0 Å². The summed E-state index contributed by atoms with van der Waals surface area (Å²) >= 11 is 0. The first-order valence-electron chi connectivity index (χ1n) is 10.2. The predicted octanol–water partition coefficient (Wildman–Crippen LogP) is 3.52. The van der Waals surface area contributed by atoms with Gasteiger partial charge in [-0.05, 0) is 30.3 Å². The molecule has 166 valence electrons. The van der Waals surface area contributed by atoms with Crippen LogP contribution in [0.5, 0.6) is 11.5 Å². The number of benzene rings is 3. The van der Waals surface area contributed by atoms with Crippen molar-refractivity contribution in [1.82, 2.24) is 5.32 Å². The first-order valence-corrected chi connectivity index (χ1v) is 10.2. The third-order valence-electron chi connectivity index (χ3n) is 5.38.